The summed E-state index contributed by atoms with van der Waals surface area (Å²) in [5.74, 6) is -0.389. The third kappa shape index (κ3) is 1.26. The molecule has 1 rings (SSSR count). The van der Waals surface area contributed by atoms with Crippen LogP contribution in [0.3, 0.4) is 0 Å². The van der Waals surface area contributed by atoms with E-state index in [1.54, 1.807) is 0 Å². The lowest BCUT2D eigenvalue weighted by atomic mass is 10.2. The average Bonchev–Trinajstić information content (AvgIpc) is 2.14. The highest BCUT2D eigenvalue weighted by atomic mass is 16.2. The van der Waals surface area contributed by atoms with Gasteiger partial charge in [0.2, 0.25) is 5.91 Å². The Balaban J connectivity index is 2.48. The highest BCUT2D eigenvalue weighted by Gasteiger charge is 2.24. The van der Waals surface area contributed by atoms with Crippen LogP contribution in [-0.4, -0.2) is 24.3 Å². The van der Waals surface area contributed by atoms with E-state index in [-0.39, 0.29) is 18.7 Å². The fourth-order valence-corrected chi connectivity index (χ4v) is 0.810. The summed E-state index contributed by atoms with van der Waals surface area (Å²) in [6.07, 6.45) is 0.259. The van der Waals surface area contributed by atoms with Crippen LogP contribution in [0.1, 0.15) is 6.42 Å². The molecule has 1 atom stereocenters. The van der Waals surface area contributed by atoms with E-state index in [1.165, 1.54) is 0 Å². The molecule has 0 aromatic carbocycles. The van der Waals surface area contributed by atoms with Crippen molar-refractivity contribution >= 4 is 11.7 Å². The third-order valence-corrected chi connectivity index (χ3v) is 1.32. The van der Waals surface area contributed by atoms with Crippen molar-refractivity contribution in [3.8, 4) is 0 Å². The summed E-state index contributed by atoms with van der Waals surface area (Å²) in [5.41, 5.74) is 4.91. The minimum absolute atomic E-state index is 0.0544. The molecular formula is C5H8N2O2. The number of hydrogen-bond acceptors (Lipinski definition) is 3. The van der Waals surface area contributed by atoms with Gasteiger partial charge < -0.3 is 5.73 Å². The number of Topliss-reactive ketones (excluding diaryl/α,β-unsaturated/α-hetero) is 1. The van der Waals surface area contributed by atoms with E-state index in [0.717, 1.165) is 0 Å². The van der Waals surface area contributed by atoms with Crippen LogP contribution in [0.5, 0.6) is 0 Å². The van der Waals surface area contributed by atoms with Gasteiger partial charge in [0.25, 0.3) is 0 Å². The molecule has 0 bridgehead atoms. The summed E-state index contributed by atoms with van der Waals surface area (Å²) in [6, 6.07) is -0.419. The largest absolute Gasteiger partial charge is 0.368 e. The van der Waals surface area contributed by atoms with Crippen LogP contribution < -0.4 is 11.1 Å². The molecule has 0 unspecified atom stereocenters. The normalized spacial score (nSPS) is 26.7. The van der Waals surface area contributed by atoms with E-state index in [2.05, 4.69) is 5.32 Å². The number of carbonyl (C=O) groups is 2. The highest BCUT2D eigenvalue weighted by molar-refractivity contribution is 5.92. The Morgan fingerprint density at radius 3 is 2.67 bits per heavy atom. The van der Waals surface area contributed by atoms with Crippen LogP contribution in [0.25, 0.3) is 0 Å². The maximum absolute atomic E-state index is 10.5. The second kappa shape index (κ2) is 2.14. The van der Waals surface area contributed by atoms with Crippen molar-refractivity contribution in [2.75, 3.05) is 6.54 Å². The van der Waals surface area contributed by atoms with Gasteiger partial charge >= 0.3 is 0 Å². The molecule has 1 aliphatic heterocycles. The van der Waals surface area contributed by atoms with Gasteiger partial charge in [-0.2, -0.15) is 0 Å². The Labute approximate surface area is 52.4 Å². The molecular weight excluding hydrogens is 120 g/mol. The molecule has 1 saturated heterocycles. The van der Waals surface area contributed by atoms with Crippen LogP contribution >= 0.6 is 0 Å². The molecule has 0 aromatic rings. The predicted molar refractivity (Wildman–Crippen MR) is 30.6 cm³/mol. The molecule has 0 saturated carbocycles. The Morgan fingerprint density at radius 2 is 2.44 bits per heavy atom. The molecule has 4 nitrogen and oxygen atoms in total. The van der Waals surface area contributed by atoms with E-state index in [9.17, 15) is 9.59 Å². The second-order valence-corrected chi connectivity index (χ2v) is 2.08. The SMILES string of the molecule is NC(=O)[C@@H]1CC(=O)CN1. The first-order chi connectivity index (χ1) is 4.20. The molecule has 0 spiro atoms. The minimum Gasteiger partial charge on any atom is -0.368 e. The van der Waals surface area contributed by atoms with Crippen molar-refractivity contribution in [1.82, 2.24) is 5.32 Å². The maximum atomic E-state index is 10.5. The Hall–Kier alpha value is -0.900. The lowest BCUT2D eigenvalue weighted by Gasteiger charge is -1.99. The number of amides is 1. The van der Waals surface area contributed by atoms with Crippen LogP contribution in [-0.2, 0) is 9.59 Å². The second-order valence-electron chi connectivity index (χ2n) is 2.08. The van der Waals surface area contributed by atoms with Gasteiger partial charge in [-0.15, -0.1) is 0 Å². The summed E-state index contributed by atoms with van der Waals surface area (Å²) >= 11 is 0. The molecule has 4 heteroatoms. The average molecular weight is 128 g/mol. The summed E-state index contributed by atoms with van der Waals surface area (Å²) in [7, 11) is 0. The predicted octanol–water partition coefficient (Wildman–Crippen LogP) is -1.60. The first kappa shape index (κ1) is 6.22. The lowest BCUT2D eigenvalue weighted by molar-refractivity contribution is -0.121. The van der Waals surface area contributed by atoms with E-state index in [4.69, 9.17) is 5.73 Å². The van der Waals surface area contributed by atoms with Crippen molar-refractivity contribution in [3.05, 3.63) is 0 Å². The zero-order valence-electron chi connectivity index (χ0n) is 4.89. The van der Waals surface area contributed by atoms with Crippen molar-refractivity contribution < 1.29 is 9.59 Å². The number of ketones is 1. The zero-order chi connectivity index (χ0) is 6.85. The van der Waals surface area contributed by atoms with Gasteiger partial charge in [0.15, 0.2) is 0 Å². The molecule has 1 heterocycles. The van der Waals surface area contributed by atoms with Gasteiger partial charge in [-0.3, -0.25) is 14.9 Å². The molecule has 3 N–H and O–H groups in total. The minimum atomic E-state index is -0.444. The smallest absolute Gasteiger partial charge is 0.235 e. The molecule has 1 fully saturated rings. The number of nitrogens with one attached hydrogen (secondary N) is 1. The summed E-state index contributed by atoms with van der Waals surface area (Å²) < 4.78 is 0. The standard InChI is InChI=1S/C5H8N2O2/c6-5(9)4-1-3(8)2-7-4/h4,7H,1-2H2,(H2,6,9)/t4-/m0/s1. The highest BCUT2D eigenvalue weighted by Crippen LogP contribution is 1.99. The van der Waals surface area contributed by atoms with Crippen LogP contribution in [0.4, 0.5) is 0 Å². The molecule has 1 aliphatic rings. The topological polar surface area (TPSA) is 72.2 Å². The Bertz CT molecular complexity index is 155. The van der Waals surface area contributed by atoms with Crippen molar-refractivity contribution in [1.29, 1.82) is 0 Å². The van der Waals surface area contributed by atoms with Crippen LogP contribution in [0.15, 0.2) is 0 Å². The number of hydrogen-bond donors (Lipinski definition) is 2. The summed E-state index contributed by atoms with van der Waals surface area (Å²) in [6.45, 7) is 0.285. The molecule has 0 aliphatic carbocycles. The Kier molecular flexibility index (Phi) is 1.48. The molecule has 50 valence electrons. The third-order valence-electron chi connectivity index (χ3n) is 1.32. The fourth-order valence-electron chi connectivity index (χ4n) is 0.810. The first-order valence-corrected chi connectivity index (χ1v) is 2.74. The molecule has 9 heavy (non-hydrogen) atoms. The van der Waals surface area contributed by atoms with Crippen molar-refractivity contribution in [2.24, 2.45) is 5.73 Å². The van der Waals surface area contributed by atoms with Crippen LogP contribution in [0.2, 0.25) is 0 Å². The number of primary amides is 1. The fraction of sp³-hybridized carbons (Fsp3) is 0.600. The van der Waals surface area contributed by atoms with Crippen LogP contribution in [0, 0.1) is 0 Å². The van der Waals surface area contributed by atoms with Gasteiger partial charge in [-0.25, -0.2) is 0 Å². The monoisotopic (exact) mass is 128 g/mol. The van der Waals surface area contributed by atoms with E-state index in [1.807, 2.05) is 0 Å². The number of nitrogens with two attached hydrogens (primary N) is 1. The molecule has 0 aromatic heterocycles. The van der Waals surface area contributed by atoms with Crippen molar-refractivity contribution in [2.45, 2.75) is 12.5 Å². The van der Waals surface area contributed by atoms with Gasteiger partial charge in [0.1, 0.15) is 5.78 Å². The first-order valence-electron chi connectivity index (χ1n) is 2.74. The maximum Gasteiger partial charge on any atom is 0.235 e. The summed E-state index contributed by atoms with van der Waals surface area (Å²) in [5, 5.41) is 2.68. The van der Waals surface area contributed by atoms with Gasteiger partial charge in [-0.1, -0.05) is 0 Å². The van der Waals surface area contributed by atoms with Crippen molar-refractivity contribution in [3.63, 3.8) is 0 Å². The van der Waals surface area contributed by atoms with E-state index < -0.39 is 11.9 Å². The number of carbonyl (C=O) groups excluding carboxylic acids is 2. The zero-order valence-corrected chi connectivity index (χ0v) is 4.89. The lowest BCUT2D eigenvalue weighted by Crippen LogP contribution is -2.36. The Morgan fingerprint density at radius 1 is 1.78 bits per heavy atom. The molecule has 1 amide bonds. The van der Waals surface area contributed by atoms with Gasteiger partial charge in [-0.05, 0) is 0 Å². The quantitative estimate of drug-likeness (QED) is 0.447. The summed E-state index contributed by atoms with van der Waals surface area (Å²) in [4.78, 5) is 20.8. The van der Waals surface area contributed by atoms with E-state index in [0.29, 0.717) is 0 Å². The van der Waals surface area contributed by atoms with Gasteiger partial charge in [0, 0.05) is 6.42 Å². The van der Waals surface area contributed by atoms with Gasteiger partial charge in [0.05, 0.1) is 12.6 Å². The van der Waals surface area contributed by atoms with E-state index >= 15 is 0 Å². The molecule has 0 radical (unpaired) electrons. The number of rotatable bonds is 1.